The molecule has 2 aromatic heterocycles. The Balaban J connectivity index is 1.89. The van der Waals surface area contributed by atoms with Crippen molar-refractivity contribution in [3.63, 3.8) is 0 Å². The van der Waals surface area contributed by atoms with E-state index in [2.05, 4.69) is 4.72 Å². The minimum Gasteiger partial charge on any atom is -0.472 e. The minimum atomic E-state index is -3.71. The fraction of sp³-hybridized carbons (Fsp3) is 0.125. The third kappa shape index (κ3) is 3.23. The van der Waals surface area contributed by atoms with Gasteiger partial charge in [-0.2, -0.15) is 0 Å². The summed E-state index contributed by atoms with van der Waals surface area (Å²) in [5.74, 6) is 0. The van der Waals surface area contributed by atoms with E-state index in [4.69, 9.17) is 4.42 Å². The van der Waals surface area contributed by atoms with Crippen LogP contribution in [0.15, 0.2) is 75.7 Å². The van der Waals surface area contributed by atoms with Crippen LogP contribution >= 0.6 is 11.3 Å². The normalized spacial score (nSPS) is 14.5. The lowest BCUT2D eigenvalue weighted by Gasteiger charge is -2.26. The second kappa shape index (κ2) is 6.29. The highest BCUT2D eigenvalue weighted by Crippen LogP contribution is 2.33. The lowest BCUT2D eigenvalue weighted by atomic mass is 9.95. The average Bonchev–Trinajstić information content (AvgIpc) is 3.27. The topological polar surface area (TPSA) is 79.5 Å². The summed E-state index contributed by atoms with van der Waals surface area (Å²) in [7, 11) is -3.71. The Hall–Kier alpha value is -1.93. The van der Waals surface area contributed by atoms with Gasteiger partial charge >= 0.3 is 0 Å². The molecule has 0 fully saturated rings. The number of aliphatic hydroxyl groups is 1. The van der Waals surface area contributed by atoms with Gasteiger partial charge in [0.05, 0.1) is 17.4 Å². The van der Waals surface area contributed by atoms with Gasteiger partial charge < -0.3 is 9.52 Å². The van der Waals surface area contributed by atoms with Crippen LogP contribution in [0.25, 0.3) is 0 Å². The summed E-state index contributed by atoms with van der Waals surface area (Å²) in [5.41, 5.74) is -0.987. The van der Waals surface area contributed by atoms with Crippen molar-refractivity contribution in [1.82, 2.24) is 4.72 Å². The summed E-state index contributed by atoms with van der Waals surface area (Å²) in [6, 6.07) is 13.2. The molecule has 0 amide bonds. The van der Waals surface area contributed by atoms with E-state index in [0.717, 1.165) is 0 Å². The molecule has 1 unspecified atom stereocenters. The number of sulfonamides is 1. The van der Waals surface area contributed by atoms with Crippen LogP contribution in [0.1, 0.15) is 10.4 Å². The van der Waals surface area contributed by atoms with E-state index in [0.29, 0.717) is 10.4 Å². The number of furan rings is 1. The molecule has 1 atom stereocenters. The molecule has 0 aliphatic heterocycles. The molecule has 0 saturated carbocycles. The minimum absolute atomic E-state index is 0.153. The maximum Gasteiger partial charge on any atom is 0.240 e. The van der Waals surface area contributed by atoms with Crippen molar-refractivity contribution in [2.45, 2.75) is 10.5 Å². The largest absolute Gasteiger partial charge is 0.472 e. The first kappa shape index (κ1) is 15.9. The molecule has 0 saturated heterocycles. The van der Waals surface area contributed by atoms with Gasteiger partial charge in [-0.1, -0.05) is 24.3 Å². The molecular weight excluding hydrogens is 334 g/mol. The van der Waals surface area contributed by atoms with Crippen molar-refractivity contribution in [3.8, 4) is 0 Å². The summed E-state index contributed by atoms with van der Waals surface area (Å²) in [6.07, 6.45) is 2.86. The number of nitrogens with one attached hydrogen (secondary N) is 1. The van der Waals surface area contributed by atoms with Gasteiger partial charge in [0.2, 0.25) is 10.0 Å². The first-order valence-electron chi connectivity index (χ1n) is 6.86. The molecule has 0 bridgehead atoms. The van der Waals surface area contributed by atoms with Gasteiger partial charge in [-0.05, 0) is 29.6 Å². The quantitative estimate of drug-likeness (QED) is 0.717. The number of hydrogen-bond donors (Lipinski definition) is 2. The fourth-order valence-electron chi connectivity index (χ4n) is 2.23. The van der Waals surface area contributed by atoms with E-state index in [-0.39, 0.29) is 11.4 Å². The van der Waals surface area contributed by atoms with E-state index in [1.807, 2.05) is 5.38 Å². The molecule has 0 radical (unpaired) electrons. The average molecular weight is 349 g/mol. The second-order valence-electron chi connectivity index (χ2n) is 4.99. The highest BCUT2D eigenvalue weighted by atomic mass is 32.2. The summed E-state index contributed by atoms with van der Waals surface area (Å²) in [6.45, 7) is -0.190. The molecule has 0 aliphatic rings. The molecule has 5 nitrogen and oxygen atoms in total. The molecule has 7 heteroatoms. The Labute approximate surface area is 138 Å². The summed E-state index contributed by atoms with van der Waals surface area (Å²) < 4.78 is 32.3. The zero-order chi connectivity index (χ0) is 16.3. The monoisotopic (exact) mass is 349 g/mol. The molecule has 120 valence electrons. The van der Waals surface area contributed by atoms with E-state index >= 15 is 0 Å². The third-order valence-corrected chi connectivity index (χ3v) is 5.94. The molecule has 0 aliphatic carbocycles. The van der Waals surface area contributed by atoms with Crippen LogP contribution in [0.5, 0.6) is 0 Å². The van der Waals surface area contributed by atoms with Crippen molar-refractivity contribution in [2.75, 3.05) is 6.54 Å². The number of rotatable bonds is 6. The van der Waals surface area contributed by atoms with Gasteiger partial charge in [0, 0.05) is 17.0 Å². The molecule has 23 heavy (non-hydrogen) atoms. The molecule has 3 aromatic rings. The summed E-state index contributed by atoms with van der Waals surface area (Å²) >= 11 is 1.35. The zero-order valence-electron chi connectivity index (χ0n) is 12.0. The lowest BCUT2D eigenvalue weighted by molar-refractivity contribution is 0.0892. The van der Waals surface area contributed by atoms with Crippen LogP contribution in [0.4, 0.5) is 0 Å². The van der Waals surface area contributed by atoms with Crippen LogP contribution in [-0.2, 0) is 15.6 Å². The maximum atomic E-state index is 12.4. The fourth-order valence-corrected chi connectivity index (χ4v) is 4.15. The van der Waals surface area contributed by atoms with Gasteiger partial charge in [-0.25, -0.2) is 13.1 Å². The van der Waals surface area contributed by atoms with Crippen LogP contribution in [0.2, 0.25) is 0 Å². The van der Waals surface area contributed by atoms with Gasteiger partial charge in [-0.15, -0.1) is 11.3 Å². The first-order chi connectivity index (χ1) is 11.0. The van der Waals surface area contributed by atoms with Gasteiger partial charge in [-0.3, -0.25) is 0 Å². The third-order valence-electron chi connectivity index (χ3n) is 3.50. The van der Waals surface area contributed by atoms with Gasteiger partial charge in [0.15, 0.2) is 0 Å². The number of hydrogen-bond acceptors (Lipinski definition) is 5. The van der Waals surface area contributed by atoms with Crippen molar-refractivity contribution < 1.29 is 17.9 Å². The van der Waals surface area contributed by atoms with Crippen LogP contribution in [0.3, 0.4) is 0 Å². The Morgan fingerprint density at radius 1 is 1.13 bits per heavy atom. The van der Waals surface area contributed by atoms with Gasteiger partial charge in [0.1, 0.15) is 5.60 Å². The van der Waals surface area contributed by atoms with Crippen LogP contribution < -0.4 is 4.72 Å². The molecule has 2 N–H and O–H groups in total. The second-order valence-corrected chi connectivity index (χ2v) is 7.70. The zero-order valence-corrected chi connectivity index (χ0v) is 13.7. The Morgan fingerprint density at radius 3 is 2.52 bits per heavy atom. The van der Waals surface area contributed by atoms with E-state index in [9.17, 15) is 13.5 Å². The van der Waals surface area contributed by atoms with Crippen molar-refractivity contribution >= 4 is 21.4 Å². The van der Waals surface area contributed by atoms with E-state index in [1.54, 1.807) is 36.4 Å². The molecule has 1 aromatic carbocycles. The number of benzene rings is 1. The predicted molar refractivity (Wildman–Crippen MR) is 87.7 cm³/mol. The van der Waals surface area contributed by atoms with Crippen molar-refractivity contribution in [1.29, 1.82) is 0 Å². The van der Waals surface area contributed by atoms with E-state index in [1.165, 1.54) is 36.0 Å². The first-order valence-corrected chi connectivity index (χ1v) is 9.22. The van der Waals surface area contributed by atoms with Crippen molar-refractivity contribution in [2.24, 2.45) is 0 Å². The Bertz CT molecular complexity index is 807. The maximum absolute atomic E-state index is 12.4. The standard InChI is InChI=1S/C16H15NO4S2/c18-16(13-8-9-21-11-13,15-7-4-10-22-15)12-17-23(19,20)14-5-2-1-3-6-14/h1-11,17-18H,12H2. The Morgan fingerprint density at radius 2 is 1.91 bits per heavy atom. The highest BCUT2D eigenvalue weighted by Gasteiger charge is 2.35. The predicted octanol–water partition coefficient (Wildman–Crippen LogP) is 2.56. The summed E-state index contributed by atoms with van der Waals surface area (Å²) in [4.78, 5) is 0.787. The Kier molecular flexibility index (Phi) is 4.36. The summed E-state index contributed by atoms with van der Waals surface area (Å²) in [5, 5.41) is 12.9. The SMILES string of the molecule is O=S(=O)(NCC(O)(c1ccoc1)c1cccs1)c1ccccc1. The van der Waals surface area contributed by atoms with Crippen LogP contribution in [-0.4, -0.2) is 20.1 Å². The van der Waals surface area contributed by atoms with Crippen molar-refractivity contribution in [3.05, 3.63) is 76.9 Å². The molecular formula is C16H15NO4S2. The number of thiophene rings is 1. The molecule has 3 rings (SSSR count). The smallest absolute Gasteiger partial charge is 0.240 e. The molecule has 0 spiro atoms. The van der Waals surface area contributed by atoms with Gasteiger partial charge in [0.25, 0.3) is 0 Å². The lowest BCUT2D eigenvalue weighted by Crippen LogP contribution is -2.40. The molecule has 2 heterocycles. The van der Waals surface area contributed by atoms with E-state index < -0.39 is 15.6 Å². The van der Waals surface area contributed by atoms with Crippen LogP contribution in [0, 0.1) is 0 Å². The highest BCUT2D eigenvalue weighted by molar-refractivity contribution is 7.89.